The van der Waals surface area contributed by atoms with E-state index in [0.29, 0.717) is 37.1 Å². The fourth-order valence-electron chi connectivity index (χ4n) is 2.18. The van der Waals surface area contributed by atoms with Gasteiger partial charge >= 0.3 is 5.97 Å². The Balaban J connectivity index is 3.18. The summed E-state index contributed by atoms with van der Waals surface area (Å²) in [5.74, 6) is 1.58. The zero-order chi connectivity index (χ0) is 20.1. The van der Waals surface area contributed by atoms with Crippen molar-refractivity contribution in [2.45, 2.75) is 66.4 Å². The Hall–Kier alpha value is -2.17. The summed E-state index contributed by atoms with van der Waals surface area (Å²) in [6, 6.07) is 3.72. The van der Waals surface area contributed by atoms with Crippen LogP contribution in [0, 0.1) is 0 Å². The number of hydrogen-bond donors (Lipinski definition) is 0. The van der Waals surface area contributed by atoms with Crippen LogP contribution < -0.4 is 14.2 Å². The maximum Gasteiger partial charge on any atom is 0.331 e. The third-order valence-electron chi connectivity index (χ3n) is 3.73. The van der Waals surface area contributed by atoms with Crippen LogP contribution in [0.1, 0.15) is 65.9 Å². The molecule has 0 N–H and O–H groups in total. The first-order chi connectivity index (χ1) is 13.0. The first-order valence-corrected chi connectivity index (χ1v) is 10.0. The molecule has 27 heavy (non-hydrogen) atoms. The van der Waals surface area contributed by atoms with Gasteiger partial charge in [-0.1, -0.05) is 27.7 Å². The molecule has 0 fully saturated rings. The summed E-state index contributed by atoms with van der Waals surface area (Å²) < 4.78 is 22.9. The minimum absolute atomic E-state index is 0.111. The second-order valence-electron chi connectivity index (χ2n) is 6.37. The van der Waals surface area contributed by atoms with Crippen LogP contribution in [0.4, 0.5) is 0 Å². The highest BCUT2D eigenvalue weighted by Gasteiger charge is 2.14. The van der Waals surface area contributed by atoms with Crippen LogP contribution in [0.15, 0.2) is 18.2 Å². The van der Waals surface area contributed by atoms with Crippen molar-refractivity contribution >= 4 is 12.0 Å². The van der Waals surface area contributed by atoms with Crippen LogP contribution in [0.5, 0.6) is 17.2 Å². The molecule has 0 aliphatic carbocycles. The van der Waals surface area contributed by atoms with E-state index in [9.17, 15) is 4.79 Å². The second-order valence-corrected chi connectivity index (χ2v) is 6.37. The molecule has 1 unspecified atom stereocenters. The van der Waals surface area contributed by atoms with E-state index in [4.69, 9.17) is 18.9 Å². The van der Waals surface area contributed by atoms with Gasteiger partial charge in [-0.15, -0.1) is 0 Å². The molecular formula is C22H34O5. The van der Waals surface area contributed by atoms with E-state index < -0.39 is 0 Å². The molecule has 0 bridgehead atoms. The van der Waals surface area contributed by atoms with E-state index in [1.807, 2.05) is 32.9 Å². The molecule has 152 valence electrons. The van der Waals surface area contributed by atoms with E-state index in [2.05, 4.69) is 13.8 Å². The van der Waals surface area contributed by atoms with E-state index in [0.717, 1.165) is 31.2 Å². The average Bonchev–Trinajstić information content (AvgIpc) is 2.67. The lowest BCUT2D eigenvalue weighted by molar-refractivity contribution is -0.142. The van der Waals surface area contributed by atoms with Crippen molar-refractivity contribution in [1.82, 2.24) is 0 Å². The smallest absolute Gasteiger partial charge is 0.331 e. The maximum absolute atomic E-state index is 12.0. The summed E-state index contributed by atoms with van der Waals surface area (Å²) in [5, 5.41) is 0. The molecular weight excluding hydrogens is 344 g/mol. The Morgan fingerprint density at radius 3 is 2.22 bits per heavy atom. The molecule has 0 saturated carbocycles. The normalized spacial score (nSPS) is 12.0. The minimum atomic E-state index is -0.373. The molecule has 0 heterocycles. The quantitative estimate of drug-likeness (QED) is 0.339. The van der Waals surface area contributed by atoms with Gasteiger partial charge in [-0.3, -0.25) is 0 Å². The molecule has 0 aliphatic heterocycles. The van der Waals surface area contributed by atoms with Gasteiger partial charge in [0.1, 0.15) is 5.75 Å². The summed E-state index contributed by atoms with van der Waals surface area (Å²) in [6.45, 7) is 11.8. The van der Waals surface area contributed by atoms with E-state index in [1.54, 1.807) is 6.08 Å². The molecule has 0 spiro atoms. The minimum Gasteiger partial charge on any atom is -0.493 e. The van der Waals surface area contributed by atoms with Crippen molar-refractivity contribution in [2.24, 2.45) is 0 Å². The Bertz CT molecular complexity index is 595. The molecule has 1 aromatic rings. The van der Waals surface area contributed by atoms with Gasteiger partial charge in [-0.2, -0.15) is 0 Å². The molecule has 0 aliphatic rings. The number of rotatable bonds is 13. The fraction of sp³-hybridized carbons (Fsp3) is 0.591. The summed E-state index contributed by atoms with van der Waals surface area (Å²) in [5.41, 5.74) is 0.740. The standard InChI is InChI=1S/C22H34O5/c1-6-12-24-19-15-18(10-11-21(23)27-17(5)9-4)22(26-14-8-3)20(16-19)25-13-7-2/h10-11,15-17H,6-9,12-14H2,1-5H3. The van der Waals surface area contributed by atoms with Crippen LogP contribution in [0.2, 0.25) is 0 Å². The lowest BCUT2D eigenvalue weighted by Gasteiger charge is -2.17. The number of benzene rings is 1. The largest absolute Gasteiger partial charge is 0.493 e. The summed E-state index contributed by atoms with van der Waals surface area (Å²) in [7, 11) is 0. The van der Waals surface area contributed by atoms with Crippen LogP contribution in [0.3, 0.4) is 0 Å². The van der Waals surface area contributed by atoms with E-state index in [1.165, 1.54) is 6.08 Å². The van der Waals surface area contributed by atoms with Gasteiger partial charge < -0.3 is 18.9 Å². The topological polar surface area (TPSA) is 54.0 Å². The number of ether oxygens (including phenoxy) is 4. The summed E-state index contributed by atoms with van der Waals surface area (Å²) in [6.07, 6.45) is 6.47. The highest BCUT2D eigenvalue weighted by atomic mass is 16.5. The Labute approximate surface area is 163 Å². The Morgan fingerprint density at radius 2 is 1.59 bits per heavy atom. The molecule has 1 atom stereocenters. The van der Waals surface area contributed by atoms with Crippen LogP contribution in [0.25, 0.3) is 6.08 Å². The average molecular weight is 379 g/mol. The molecule has 0 radical (unpaired) electrons. The maximum atomic E-state index is 12.0. The number of esters is 1. The van der Waals surface area contributed by atoms with E-state index in [-0.39, 0.29) is 12.1 Å². The van der Waals surface area contributed by atoms with Crippen LogP contribution >= 0.6 is 0 Å². The highest BCUT2D eigenvalue weighted by Crippen LogP contribution is 2.37. The van der Waals surface area contributed by atoms with Gasteiger partial charge in [-0.25, -0.2) is 4.79 Å². The van der Waals surface area contributed by atoms with Gasteiger partial charge in [0.25, 0.3) is 0 Å². The highest BCUT2D eigenvalue weighted by molar-refractivity contribution is 5.88. The molecule has 0 amide bonds. The predicted octanol–water partition coefficient (Wildman–Crippen LogP) is 5.41. The van der Waals surface area contributed by atoms with Gasteiger partial charge in [-0.05, 0) is 44.7 Å². The molecule has 0 aromatic heterocycles. The van der Waals surface area contributed by atoms with Crippen molar-refractivity contribution < 1.29 is 23.7 Å². The van der Waals surface area contributed by atoms with Crippen molar-refractivity contribution in [1.29, 1.82) is 0 Å². The van der Waals surface area contributed by atoms with Crippen molar-refractivity contribution in [3.63, 3.8) is 0 Å². The molecule has 5 heteroatoms. The van der Waals surface area contributed by atoms with Gasteiger partial charge in [0.05, 0.1) is 25.9 Å². The Morgan fingerprint density at radius 1 is 0.963 bits per heavy atom. The van der Waals surface area contributed by atoms with Gasteiger partial charge in [0.15, 0.2) is 11.5 Å². The van der Waals surface area contributed by atoms with Crippen molar-refractivity contribution in [3.05, 3.63) is 23.8 Å². The number of hydrogen-bond acceptors (Lipinski definition) is 5. The first-order valence-electron chi connectivity index (χ1n) is 10.0. The van der Waals surface area contributed by atoms with Gasteiger partial charge in [0.2, 0.25) is 0 Å². The van der Waals surface area contributed by atoms with Gasteiger partial charge in [0, 0.05) is 17.7 Å². The Kier molecular flexibility index (Phi) is 11.1. The molecule has 1 aromatic carbocycles. The van der Waals surface area contributed by atoms with Crippen molar-refractivity contribution in [3.8, 4) is 17.2 Å². The monoisotopic (exact) mass is 378 g/mol. The molecule has 1 rings (SSSR count). The first kappa shape index (κ1) is 22.9. The molecule has 0 saturated heterocycles. The summed E-state index contributed by atoms with van der Waals surface area (Å²) >= 11 is 0. The van der Waals surface area contributed by atoms with Crippen LogP contribution in [-0.2, 0) is 9.53 Å². The lowest BCUT2D eigenvalue weighted by atomic mass is 10.1. The van der Waals surface area contributed by atoms with Crippen LogP contribution in [-0.4, -0.2) is 31.9 Å². The third kappa shape index (κ3) is 8.37. The number of carbonyl (C=O) groups excluding carboxylic acids is 1. The second kappa shape index (κ2) is 13.1. The van der Waals surface area contributed by atoms with E-state index >= 15 is 0 Å². The lowest BCUT2D eigenvalue weighted by Crippen LogP contribution is -2.11. The zero-order valence-electron chi connectivity index (χ0n) is 17.4. The third-order valence-corrected chi connectivity index (χ3v) is 3.73. The zero-order valence-corrected chi connectivity index (χ0v) is 17.4. The predicted molar refractivity (Wildman–Crippen MR) is 109 cm³/mol. The van der Waals surface area contributed by atoms with Crippen molar-refractivity contribution in [2.75, 3.05) is 19.8 Å². The summed E-state index contributed by atoms with van der Waals surface area (Å²) in [4.78, 5) is 12.0. The number of carbonyl (C=O) groups is 1. The molecule has 5 nitrogen and oxygen atoms in total. The SMILES string of the molecule is CCCOc1cc(C=CC(=O)OC(C)CC)c(OCCC)c(OCCC)c1. The fourth-order valence-corrected chi connectivity index (χ4v) is 2.18.